The molecule has 0 radical (unpaired) electrons. The fourth-order valence-corrected chi connectivity index (χ4v) is 3.50. The van der Waals surface area contributed by atoms with Crippen molar-refractivity contribution in [2.75, 3.05) is 13.6 Å². The van der Waals surface area contributed by atoms with Crippen LogP contribution in [0.1, 0.15) is 56.3 Å². The summed E-state index contributed by atoms with van der Waals surface area (Å²) in [5, 5.41) is 10.0. The van der Waals surface area contributed by atoms with E-state index in [2.05, 4.69) is 25.7 Å². The fourth-order valence-electron chi connectivity index (χ4n) is 3.50. The Balaban J connectivity index is 1.50. The average Bonchev–Trinajstić information content (AvgIpc) is 3.06. The molecular formula is C15H25N5O2. The van der Waals surface area contributed by atoms with Gasteiger partial charge in [-0.15, -0.1) is 0 Å². The van der Waals surface area contributed by atoms with E-state index in [1.54, 1.807) is 0 Å². The molecule has 7 nitrogen and oxygen atoms in total. The first-order valence-corrected chi connectivity index (χ1v) is 8.19. The Morgan fingerprint density at radius 3 is 2.64 bits per heavy atom. The summed E-state index contributed by atoms with van der Waals surface area (Å²) >= 11 is 0. The largest absolute Gasteiger partial charge is 0.338 e. The molecule has 2 amide bonds. The predicted molar refractivity (Wildman–Crippen MR) is 81.4 cm³/mol. The number of aromatic nitrogens is 2. The van der Waals surface area contributed by atoms with Gasteiger partial charge in [0.05, 0.1) is 6.04 Å². The van der Waals surface area contributed by atoms with E-state index in [-0.39, 0.29) is 18.1 Å². The zero-order valence-corrected chi connectivity index (χ0v) is 13.3. The number of carbonyl (C=O) groups is 1. The molecule has 1 aromatic rings. The van der Waals surface area contributed by atoms with E-state index in [1.165, 1.54) is 19.3 Å². The maximum Gasteiger partial charge on any atom is 0.315 e. The number of hydrogen-bond acceptors (Lipinski definition) is 5. The van der Waals surface area contributed by atoms with Gasteiger partial charge in [0, 0.05) is 18.6 Å². The normalized spacial score (nSPS) is 27.0. The van der Waals surface area contributed by atoms with E-state index in [1.807, 2.05) is 14.0 Å². The van der Waals surface area contributed by atoms with Crippen molar-refractivity contribution in [1.29, 1.82) is 0 Å². The summed E-state index contributed by atoms with van der Waals surface area (Å²) in [5.41, 5.74) is 0. The van der Waals surface area contributed by atoms with Gasteiger partial charge in [-0.25, -0.2) is 4.79 Å². The maximum absolute atomic E-state index is 12.1. The molecule has 0 bridgehead atoms. The molecule has 2 atom stereocenters. The smallest absolute Gasteiger partial charge is 0.315 e. The van der Waals surface area contributed by atoms with Crippen molar-refractivity contribution in [3.63, 3.8) is 0 Å². The number of aryl methyl sites for hydroxylation is 1. The van der Waals surface area contributed by atoms with E-state index in [4.69, 9.17) is 4.52 Å². The van der Waals surface area contributed by atoms with E-state index >= 15 is 0 Å². The third kappa shape index (κ3) is 3.58. The standard InChI is InChI=1S/C15H25N5O2/c1-10-16-14(22-19-10)13-8-12(9-20(13)2)18-15(21)17-11-6-4-3-5-7-11/h11-13H,3-9H2,1-2H3,(H2,17,18,21)/t12-,13-/m0/s1. The van der Waals surface area contributed by atoms with Gasteiger partial charge in [-0.2, -0.15) is 4.98 Å². The summed E-state index contributed by atoms with van der Waals surface area (Å²) in [6.07, 6.45) is 6.73. The van der Waals surface area contributed by atoms with Crippen LogP contribution >= 0.6 is 0 Å². The zero-order chi connectivity index (χ0) is 15.5. The van der Waals surface area contributed by atoms with Gasteiger partial charge in [-0.05, 0) is 33.2 Å². The van der Waals surface area contributed by atoms with Crippen LogP contribution in [0.5, 0.6) is 0 Å². The molecule has 1 aliphatic heterocycles. The number of rotatable bonds is 3. The van der Waals surface area contributed by atoms with Crippen molar-refractivity contribution in [1.82, 2.24) is 25.7 Å². The highest BCUT2D eigenvalue weighted by Gasteiger charge is 2.35. The van der Waals surface area contributed by atoms with Crippen LogP contribution in [0.25, 0.3) is 0 Å². The van der Waals surface area contributed by atoms with E-state index in [0.717, 1.165) is 25.8 Å². The molecule has 0 unspecified atom stereocenters. The zero-order valence-electron chi connectivity index (χ0n) is 13.3. The van der Waals surface area contributed by atoms with Crippen molar-refractivity contribution in [2.24, 2.45) is 0 Å². The van der Waals surface area contributed by atoms with Gasteiger partial charge < -0.3 is 15.2 Å². The minimum atomic E-state index is -0.0485. The highest BCUT2D eigenvalue weighted by molar-refractivity contribution is 5.74. The van der Waals surface area contributed by atoms with Crippen LogP contribution in [0, 0.1) is 6.92 Å². The maximum atomic E-state index is 12.1. The number of carbonyl (C=O) groups excluding carboxylic acids is 1. The number of likely N-dealkylation sites (N-methyl/N-ethyl adjacent to an activating group) is 1. The van der Waals surface area contributed by atoms with Gasteiger partial charge in [0.2, 0.25) is 5.89 Å². The van der Waals surface area contributed by atoms with E-state index in [9.17, 15) is 4.79 Å². The van der Waals surface area contributed by atoms with E-state index in [0.29, 0.717) is 17.8 Å². The van der Waals surface area contributed by atoms with Gasteiger partial charge in [-0.3, -0.25) is 4.90 Å². The summed E-state index contributed by atoms with van der Waals surface area (Å²) in [6.45, 7) is 2.61. The van der Waals surface area contributed by atoms with Crippen LogP contribution in [0.3, 0.4) is 0 Å². The molecule has 3 rings (SSSR count). The molecule has 2 heterocycles. The topological polar surface area (TPSA) is 83.3 Å². The van der Waals surface area contributed by atoms with Gasteiger partial charge in [0.25, 0.3) is 0 Å². The van der Waals surface area contributed by atoms with Crippen molar-refractivity contribution < 1.29 is 9.32 Å². The Hall–Kier alpha value is -1.63. The number of amides is 2. The number of nitrogens with one attached hydrogen (secondary N) is 2. The third-order valence-electron chi connectivity index (χ3n) is 4.65. The molecule has 7 heteroatoms. The molecule has 2 N–H and O–H groups in total. The van der Waals surface area contributed by atoms with Crippen molar-refractivity contribution in [3.05, 3.63) is 11.7 Å². The van der Waals surface area contributed by atoms with E-state index < -0.39 is 0 Å². The van der Waals surface area contributed by atoms with Crippen LogP contribution in [0.2, 0.25) is 0 Å². The van der Waals surface area contributed by atoms with Crippen molar-refractivity contribution in [3.8, 4) is 0 Å². The SMILES string of the molecule is Cc1noc([C@@H]2C[C@H](NC(=O)NC3CCCCC3)CN2C)n1. The summed E-state index contributed by atoms with van der Waals surface area (Å²) in [4.78, 5) is 18.6. The Bertz CT molecular complexity index is 512. The molecular weight excluding hydrogens is 282 g/mol. The Labute approximate surface area is 130 Å². The van der Waals surface area contributed by atoms with Crippen LogP contribution in [0.4, 0.5) is 4.79 Å². The number of hydrogen-bond donors (Lipinski definition) is 2. The summed E-state index contributed by atoms with van der Waals surface area (Å²) in [6, 6.07) is 0.488. The molecule has 22 heavy (non-hydrogen) atoms. The Kier molecular flexibility index (Phi) is 4.61. The molecule has 1 saturated heterocycles. The number of likely N-dealkylation sites (tertiary alicyclic amines) is 1. The highest BCUT2D eigenvalue weighted by atomic mass is 16.5. The average molecular weight is 307 g/mol. The quantitative estimate of drug-likeness (QED) is 0.889. The number of urea groups is 1. The summed E-state index contributed by atoms with van der Waals surface area (Å²) < 4.78 is 5.26. The van der Waals surface area contributed by atoms with Crippen LogP contribution in [0.15, 0.2) is 4.52 Å². The van der Waals surface area contributed by atoms with Gasteiger partial charge in [0.15, 0.2) is 5.82 Å². The third-order valence-corrected chi connectivity index (χ3v) is 4.65. The van der Waals surface area contributed by atoms with Crippen LogP contribution in [-0.2, 0) is 0 Å². The second-order valence-electron chi connectivity index (χ2n) is 6.52. The molecule has 1 aromatic heterocycles. The molecule has 2 fully saturated rings. The fraction of sp³-hybridized carbons (Fsp3) is 0.800. The predicted octanol–water partition coefficient (Wildman–Crippen LogP) is 1.76. The van der Waals surface area contributed by atoms with Crippen LogP contribution < -0.4 is 10.6 Å². The monoisotopic (exact) mass is 307 g/mol. The Morgan fingerprint density at radius 1 is 1.23 bits per heavy atom. The Morgan fingerprint density at radius 2 is 1.95 bits per heavy atom. The molecule has 1 aliphatic carbocycles. The van der Waals surface area contributed by atoms with Crippen molar-refractivity contribution in [2.45, 2.75) is 63.6 Å². The first kappa shape index (κ1) is 15.3. The second-order valence-corrected chi connectivity index (χ2v) is 6.52. The summed E-state index contributed by atoms with van der Waals surface area (Å²) in [5.74, 6) is 1.28. The first-order valence-electron chi connectivity index (χ1n) is 8.19. The molecule has 1 saturated carbocycles. The lowest BCUT2D eigenvalue weighted by Gasteiger charge is -2.24. The highest BCUT2D eigenvalue weighted by Crippen LogP contribution is 2.29. The summed E-state index contributed by atoms with van der Waals surface area (Å²) in [7, 11) is 2.02. The van der Waals surface area contributed by atoms with Gasteiger partial charge in [0.1, 0.15) is 0 Å². The van der Waals surface area contributed by atoms with Gasteiger partial charge >= 0.3 is 6.03 Å². The lowest BCUT2D eigenvalue weighted by Crippen LogP contribution is -2.47. The minimum Gasteiger partial charge on any atom is -0.338 e. The van der Waals surface area contributed by atoms with Crippen LogP contribution in [-0.4, -0.2) is 46.7 Å². The van der Waals surface area contributed by atoms with Crippen molar-refractivity contribution >= 4 is 6.03 Å². The second kappa shape index (κ2) is 6.64. The molecule has 0 spiro atoms. The number of nitrogens with zero attached hydrogens (tertiary/aromatic N) is 3. The van der Waals surface area contributed by atoms with Gasteiger partial charge in [-0.1, -0.05) is 24.4 Å². The first-order chi connectivity index (χ1) is 10.6. The molecule has 0 aromatic carbocycles. The lowest BCUT2D eigenvalue weighted by molar-refractivity contribution is 0.228. The minimum absolute atomic E-state index is 0.0485. The molecule has 2 aliphatic rings. The molecule has 122 valence electrons. The lowest BCUT2D eigenvalue weighted by atomic mass is 9.96.